The second-order valence-corrected chi connectivity index (χ2v) is 5.79. The monoisotopic (exact) mass is 251 g/mol. The van der Waals surface area contributed by atoms with Crippen molar-refractivity contribution in [2.75, 3.05) is 13.1 Å². The second-order valence-electron chi connectivity index (χ2n) is 3.88. The first-order chi connectivity index (χ1) is 6.95. The molecule has 1 aliphatic rings. The summed E-state index contributed by atoms with van der Waals surface area (Å²) in [4.78, 5) is 2.48. The van der Waals surface area contributed by atoms with Crippen LogP contribution in [0.15, 0.2) is 29.2 Å². The first-order valence-electron chi connectivity index (χ1n) is 5.12. The van der Waals surface area contributed by atoms with Gasteiger partial charge >= 0.3 is 89.7 Å². The van der Waals surface area contributed by atoms with Gasteiger partial charge in [0.25, 0.3) is 0 Å². The van der Waals surface area contributed by atoms with Crippen molar-refractivity contribution >= 4 is 24.1 Å². The average molecular weight is 250 g/mol. The van der Waals surface area contributed by atoms with E-state index in [2.05, 4.69) is 34.5 Å². The molecule has 1 fully saturated rings. The van der Waals surface area contributed by atoms with Crippen LogP contribution >= 0.6 is 0 Å². The molecule has 2 heterocycles. The quantitative estimate of drug-likeness (QED) is 0.763. The van der Waals surface area contributed by atoms with E-state index in [-0.39, 0.29) is 0 Å². The molecule has 1 aromatic carbocycles. The molecule has 1 saturated heterocycles. The van der Waals surface area contributed by atoms with Crippen molar-refractivity contribution in [2.24, 2.45) is 0 Å². The van der Waals surface area contributed by atoms with Gasteiger partial charge in [0.15, 0.2) is 0 Å². The van der Waals surface area contributed by atoms with Crippen LogP contribution in [0, 0.1) is 0 Å². The van der Waals surface area contributed by atoms with Crippen LogP contribution < -0.4 is 5.32 Å². The third-order valence-electron chi connectivity index (χ3n) is 3.01. The van der Waals surface area contributed by atoms with Gasteiger partial charge in [0.1, 0.15) is 0 Å². The van der Waals surface area contributed by atoms with Crippen LogP contribution in [0.1, 0.15) is 17.9 Å². The molecule has 1 aromatic heterocycles. The van der Waals surface area contributed by atoms with E-state index >= 15 is 0 Å². The molecule has 0 amide bonds. The molecule has 0 bridgehead atoms. The number of nitrogens with one attached hydrogen (secondary N) is 1. The minimum absolute atomic E-state index is 0.592. The van der Waals surface area contributed by atoms with Gasteiger partial charge in [-0.2, -0.15) is 0 Å². The zero-order valence-electron chi connectivity index (χ0n) is 7.99. The maximum atomic E-state index is 3.45. The van der Waals surface area contributed by atoms with Gasteiger partial charge in [-0.3, -0.25) is 0 Å². The first-order valence-corrected chi connectivity index (χ1v) is 6.96. The van der Waals surface area contributed by atoms with Crippen molar-refractivity contribution in [3.05, 3.63) is 34.8 Å². The van der Waals surface area contributed by atoms with Gasteiger partial charge in [0.2, 0.25) is 0 Å². The van der Waals surface area contributed by atoms with Crippen molar-refractivity contribution < 1.29 is 0 Å². The molecule has 0 spiro atoms. The van der Waals surface area contributed by atoms with E-state index in [1.54, 1.807) is 9.82 Å². The topological polar surface area (TPSA) is 12.0 Å². The van der Waals surface area contributed by atoms with Crippen molar-refractivity contribution in [1.29, 1.82) is 0 Å². The summed E-state index contributed by atoms with van der Waals surface area (Å²) in [5, 5.41) is 4.98. The molecule has 14 heavy (non-hydrogen) atoms. The Kier molecular flexibility index (Phi) is 2.21. The summed E-state index contributed by atoms with van der Waals surface area (Å²) in [6, 6.07) is 8.89. The predicted molar refractivity (Wildman–Crippen MR) is 61.1 cm³/mol. The molecular formula is C12H13NSe. The average Bonchev–Trinajstić information content (AvgIpc) is 2.85. The molecule has 3 rings (SSSR count). The molecule has 0 saturated carbocycles. The summed E-state index contributed by atoms with van der Waals surface area (Å²) in [7, 11) is 0. The molecule has 1 aliphatic heterocycles. The molecule has 0 radical (unpaired) electrons. The zero-order chi connectivity index (χ0) is 9.38. The molecule has 0 unspecified atom stereocenters. The minimum atomic E-state index is 0.592. The first kappa shape index (κ1) is 8.72. The summed E-state index contributed by atoms with van der Waals surface area (Å²) < 4.78 is 1.57. The SMILES string of the molecule is c1ccc2c([C@@H]3CCNC3)c[se]c2c1. The summed E-state index contributed by atoms with van der Waals surface area (Å²) >= 11 is 0.592. The normalized spacial score (nSPS) is 21.9. The van der Waals surface area contributed by atoms with Gasteiger partial charge in [0.05, 0.1) is 0 Å². The van der Waals surface area contributed by atoms with Gasteiger partial charge < -0.3 is 0 Å². The van der Waals surface area contributed by atoms with E-state index in [0.717, 1.165) is 5.92 Å². The van der Waals surface area contributed by atoms with Gasteiger partial charge in [-0.25, -0.2) is 0 Å². The van der Waals surface area contributed by atoms with Crippen molar-refractivity contribution in [3.8, 4) is 0 Å². The van der Waals surface area contributed by atoms with Gasteiger partial charge in [-0.05, 0) is 0 Å². The van der Waals surface area contributed by atoms with Crippen LogP contribution in [0.25, 0.3) is 9.65 Å². The fourth-order valence-corrected chi connectivity index (χ4v) is 4.42. The Labute approximate surface area is 89.9 Å². The Morgan fingerprint density at radius 1 is 1.29 bits per heavy atom. The van der Waals surface area contributed by atoms with Gasteiger partial charge in [-0.1, -0.05) is 0 Å². The summed E-state index contributed by atoms with van der Waals surface area (Å²) in [5.74, 6) is 0.778. The summed E-state index contributed by atoms with van der Waals surface area (Å²) in [5.41, 5.74) is 1.62. The Balaban J connectivity index is 2.11. The molecule has 72 valence electrons. The van der Waals surface area contributed by atoms with Crippen molar-refractivity contribution in [2.45, 2.75) is 12.3 Å². The Morgan fingerprint density at radius 3 is 3.07 bits per heavy atom. The van der Waals surface area contributed by atoms with Crippen LogP contribution in [-0.2, 0) is 0 Å². The second kappa shape index (κ2) is 3.54. The molecular weight excluding hydrogens is 237 g/mol. The number of benzene rings is 1. The van der Waals surface area contributed by atoms with Gasteiger partial charge in [-0.15, -0.1) is 0 Å². The zero-order valence-corrected chi connectivity index (χ0v) is 9.71. The van der Waals surface area contributed by atoms with E-state index in [1.165, 1.54) is 24.9 Å². The van der Waals surface area contributed by atoms with Crippen molar-refractivity contribution in [3.63, 3.8) is 0 Å². The Bertz CT molecular complexity index is 440. The summed E-state index contributed by atoms with van der Waals surface area (Å²) in [6.45, 7) is 2.37. The fourth-order valence-electron chi connectivity index (χ4n) is 2.23. The van der Waals surface area contributed by atoms with E-state index in [9.17, 15) is 0 Å². The molecule has 0 aliphatic carbocycles. The summed E-state index contributed by atoms with van der Waals surface area (Å²) in [6.07, 6.45) is 1.32. The number of hydrogen-bond donors (Lipinski definition) is 1. The molecule has 2 aromatic rings. The van der Waals surface area contributed by atoms with E-state index < -0.39 is 0 Å². The molecule has 1 atom stereocenters. The van der Waals surface area contributed by atoms with Crippen LogP contribution in [0.2, 0.25) is 0 Å². The van der Waals surface area contributed by atoms with Crippen LogP contribution in [0.5, 0.6) is 0 Å². The van der Waals surface area contributed by atoms with Gasteiger partial charge in [0, 0.05) is 0 Å². The standard InChI is InChI=1S/C12H13NSe/c1-2-4-12-10(3-1)11(8-14-12)9-5-6-13-7-9/h1-4,8-9,13H,5-7H2/t9-/m1/s1. The number of rotatable bonds is 1. The van der Waals surface area contributed by atoms with Crippen LogP contribution in [0.4, 0.5) is 0 Å². The number of fused-ring (bicyclic) bond motifs is 1. The van der Waals surface area contributed by atoms with Crippen molar-refractivity contribution in [1.82, 2.24) is 5.32 Å². The fraction of sp³-hybridized carbons (Fsp3) is 0.333. The number of hydrogen-bond acceptors (Lipinski definition) is 1. The van der Waals surface area contributed by atoms with E-state index in [1.807, 2.05) is 0 Å². The Morgan fingerprint density at radius 2 is 2.21 bits per heavy atom. The Hall–Kier alpha value is -0.561. The molecule has 1 N–H and O–H groups in total. The predicted octanol–water partition coefficient (Wildman–Crippen LogP) is 1.97. The van der Waals surface area contributed by atoms with Crippen LogP contribution in [-0.4, -0.2) is 27.6 Å². The third kappa shape index (κ3) is 1.35. The maximum absolute atomic E-state index is 3.45. The molecule has 1 nitrogen and oxygen atoms in total. The van der Waals surface area contributed by atoms with E-state index in [0.29, 0.717) is 14.5 Å². The van der Waals surface area contributed by atoms with Crippen LogP contribution in [0.3, 0.4) is 0 Å². The molecule has 2 heteroatoms. The van der Waals surface area contributed by atoms with E-state index in [4.69, 9.17) is 0 Å². The third-order valence-corrected chi connectivity index (χ3v) is 5.07.